The number of halogens is 1. The van der Waals surface area contributed by atoms with Crippen LogP contribution in [0.15, 0.2) is 40.4 Å². The van der Waals surface area contributed by atoms with Crippen molar-refractivity contribution in [2.45, 2.75) is 69.6 Å². The van der Waals surface area contributed by atoms with Gasteiger partial charge < -0.3 is 10.0 Å². The molecule has 188 valence electrons. The number of carbonyl (C=O) groups is 1. The summed E-state index contributed by atoms with van der Waals surface area (Å²) in [6.07, 6.45) is 11.9. The SMILES string of the molecule is [C-]#[N+]c1ccc(N2N=C3C4C=CC(C(=O)N5CCC(O)CC5)=NC4CC[C@@H]3[C@@H]2C2CCCC2)cc1Cl. The fourth-order valence-electron chi connectivity index (χ4n) is 6.90. The van der Waals surface area contributed by atoms with Crippen molar-refractivity contribution in [3.05, 3.63) is 46.8 Å². The molecule has 3 aliphatic heterocycles. The summed E-state index contributed by atoms with van der Waals surface area (Å²) in [5, 5.41) is 17.7. The molecular formula is C28H32ClN5O2. The molecule has 5 aliphatic rings. The van der Waals surface area contributed by atoms with E-state index in [4.69, 9.17) is 28.3 Å². The molecule has 4 atom stereocenters. The van der Waals surface area contributed by atoms with E-state index >= 15 is 0 Å². The van der Waals surface area contributed by atoms with Crippen LogP contribution in [0, 0.1) is 24.3 Å². The fraction of sp³-hybridized carbons (Fsp3) is 0.571. The van der Waals surface area contributed by atoms with Crippen LogP contribution in [0.25, 0.3) is 4.85 Å². The maximum atomic E-state index is 13.1. The van der Waals surface area contributed by atoms with Crippen molar-refractivity contribution in [2.75, 3.05) is 18.1 Å². The normalized spacial score (nSPS) is 30.5. The van der Waals surface area contributed by atoms with Crippen molar-refractivity contribution < 1.29 is 9.90 Å². The van der Waals surface area contributed by atoms with Crippen molar-refractivity contribution in [2.24, 2.45) is 27.8 Å². The zero-order valence-corrected chi connectivity index (χ0v) is 21.1. The lowest BCUT2D eigenvalue weighted by atomic mass is 9.70. The Morgan fingerprint density at radius 2 is 1.89 bits per heavy atom. The third-order valence-electron chi connectivity index (χ3n) is 8.76. The fourth-order valence-corrected chi connectivity index (χ4v) is 7.12. The topological polar surface area (TPSA) is 72.9 Å². The van der Waals surface area contributed by atoms with Crippen LogP contribution < -0.4 is 5.01 Å². The number of piperidine rings is 1. The van der Waals surface area contributed by atoms with Gasteiger partial charge >= 0.3 is 0 Å². The van der Waals surface area contributed by atoms with Gasteiger partial charge in [0.15, 0.2) is 0 Å². The molecule has 6 rings (SSSR count). The van der Waals surface area contributed by atoms with E-state index in [9.17, 15) is 9.90 Å². The van der Waals surface area contributed by atoms with Crippen molar-refractivity contribution in [1.29, 1.82) is 0 Å². The molecule has 3 heterocycles. The van der Waals surface area contributed by atoms with Crippen molar-refractivity contribution in [3.8, 4) is 0 Å². The minimum atomic E-state index is -0.305. The zero-order valence-electron chi connectivity index (χ0n) is 20.4. The number of carbonyl (C=O) groups excluding carboxylic acids is 1. The highest BCUT2D eigenvalue weighted by Gasteiger charge is 2.49. The molecule has 7 nitrogen and oxygen atoms in total. The van der Waals surface area contributed by atoms with Gasteiger partial charge in [-0.25, -0.2) is 4.85 Å². The maximum absolute atomic E-state index is 13.1. The Morgan fingerprint density at radius 3 is 2.61 bits per heavy atom. The van der Waals surface area contributed by atoms with Gasteiger partial charge in [-0.2, -0.15) is 5.10 Å². The summed E-state index contributed by atoms with van der Waals surface area (Å²) in [5.74, 6) is 1.05. The average molecular weight is 506 g/mol. The van der Waals surface area contributed by atoms with Crippen LogP contribution in [-0.4, -0.2) is 58.6 Å². The summed E-state index contributed by atoms with van der Waals surface area (Å²) in [6, 6.07) is 6.00. The number of aliphatic hydroxyl groups is 1. The Hall–Kier alpha value is -2.69. The lowest BCUT2D eigenvalue weighted by molar-refractivity contribution is -0.125. The Kier molecular flexibility index (Phi) is 6.35. The van der Waals surface area contributed by atoms with Gasteiger partial charge in [0.05, 0.1) is 36.2 Å². The second kappa shape index (κ2) is 9.64. The van der Waals surface area contributed by atoms with Gasteiger partial charge in [-0.15, -0.1) is 0 Å². The van der Waals surface area contributed by atoms with Crippen LogP contribution in [0.3, 0.4) is 0 Å². The largest absolute Gasteiger partial charge is 0.393 e. The number of rotatable bonds is 3. The molecule has 36 heavy (non-hydrogen) atoms. The smallest absolute Gasteiger partial charge is 0.271 e. The number of hydrogen-bond donors (Lipinski definition) is 1. The number of hydrogen-bond acceptors (Lipinski definition) is 5. The number of nitrogens with zero attached hydrogens (tertiary/aromatic N) is 5. The highest BCUT2D eigenvalue weighted by Crippen LogP contribution is 2.47. The van der Waals surface area contributed by atoms with Crippen LogP contribution in [0.4, 0.5) is 11.4 Å². The van der Waals surface area contributed by atoms with Gasteiger partial charge in [0.2, 0.25) is 5.69 Å². The number of dihydropyridines is 1. The number of aliphatic hydroxyl groups excluding tert-OH is 1. The molecule has 3 fully saturated rings. The Labute approximate surface area is 217 Å². The van der Waals surface area contributed by atoms with Crippen molar-refractivity contribution >= 4 is 40.3 Å². The third kappa shape index (κ3) is 4.14. The van der Waals surface area contributed by atoms with Crippen LogP contribution in [0.2, 0.25) is 5.02 Å². The summed E-state index contributed by atoms with van der Waals surface area (Å²) in [4.78, 5) is 23.4. The third-order valence-corrected chi connectivity index (χ3v) is 9.07. The first-order chi connectivity index (χ1) is 17.5. The molecule has 2 saturated carbocycles. The van der Waals surface area contributed by atoms with E-state index in [1.807, 2.05) is 23.1 Å². The summed E-state index contributed by atoms with van der Waals surface area (Å²) in [6.45, 7) is 8.51. The zero-order chi connectivity index (χ0) is 24.8. The van der Waals surface area contributed by atoms with E-state index in [0.717, 1.165) is 18.5 Å². The number of benzene rings is 1. The molecule has 0 radical (unpaired) electrons. The predicted molar refractivity (Wildman–Crippen MR) is 142 cm³/mol. The van der Waals surface area contributed by atoms with E-state index in [-0.39, 0.29) is 24.0 Å². The van der Waals surface area contributed by atoms with Gasteiger partial charge in [0, 0.05) is 29.9 Å². The van der Waals surface area contributed by atoms with Crippen LogP contribution in [0.1, 0.15) is 51.4 Å². The minimum Gasteiger partial charge on any atom is -0.393 e. The summed E-state index contributed by atoms with van der Waals surface area (Å²) >= 11 is 6.43. The van der Waals surface area contributed by atoms with E-state index in [0.29, 0.717) is 60.2 Å². The minimum absolute atomic E-state index is 0.0212. The number of aliphatic imine (C=N–C) groups is 1. The number of fused-ring (bicyclic) bond motifs is 3. The van der Waals surface area contributed by atoms with Crippen molar-refractivity contribution in [3.63, 3.8) is 0 Å². The predicted octanol–water partition coefficient (Wildman–Crippen LogP) is 5.01. The highest BCUT2D eigenvalue weighted by molar-refractivity contribution is 6.43. The molecule has 1 aromatic rings. The van der Waals surface area contributed by atoms with E-state index in [2.05, 4.69) is 15.9 Å². The van der Waals surface area contributed by atoms with Crippen LogP contribution in [0.5, 0.6) is 0 Å². The standard InChI is InChI=1S/C28H32ClN5O2/c1-30-24-9-6-18(16-22(24)29)34-27(17-4-2-3-5-17)21-8-10-23-20(26(21)32-34)7-11-25(31-23)28(36)33-14-12-19(35)13-15-33/h6-7,9,11,16-17,19-21,23,27,35H,2-5,8,10,12-15H2/t20?,21-,23?,27-/m0/s1. The molecule has 2 aliphatic carbocycles. The van der Waals surface area contributed by atoms with Gasteiger partial charge in [-0.1, -0.05) is 36.6 Å². The molecule has 1 amide bonds. The molecule has 0 spiro atoms. The number of hydrazone groups is 1. The molecule has 0 bridgehead atoms. The van der Waals surface area contributed by atoms with Crippen LogP contribution in [-0.2, 0) is 4.79 Å². The first kappa shape index (κ1) is 23.7. The molecule has 0 aromatic heterocycles. The summed E-state index contributed by atoms with van der Waals surface area (Å²) in [5.41, 5.74) is 3.14. The van der Waals surface area contributed by atoms with Gasteiger partial charge in [-0.05, 0) is 62.7 Å². The molecular weight excluding hydrogens is 474 g/mol. The molecule has 1 saturated heterocycles. The van der Waals surface area contributed by atoms with Gasteiger partial charge in [-0.3, -0.25) is 14.8 Å². The quantitative estimate of drug-likeness (QED) is 0.586. The van der Waals surface area contributed by atoms with Gasteiger partial charge in [0.1, 0.15) is 5.71 Å². The van der Waals surface area contributed by atoms with E-state index in [1.165, 1.54) is 31.4 Å². The number of likely N-dealkylation sites (tertiary alicyclic amines) is 1. The Bertz CT molecular complexity index is 1170. The average Bonchev–Trinajstić information content (AvgIpc) is 3.56. The lowest BCUT2D eigenvalue weighted by Crippen LogP contribution is -2.46. The summed E-state index contributed by atoms with van der Waals surface area (Å²) in [7, 11) is 0. The van der Waals surface area contributed by atoms with Gasteiger partial charge in [0.25, 0.3) is 5.91 Å². The van der Waals surface area contributed by atoms with Crippen LogP contribution >= 0.6 is 11.6 Å². The molecule has 8 heteroatoms. The monoisotopic (exact) mass is 505 g/mol. The first-order valence-electron chi connectivity index (χ1n) is 13.3. The Morgan fingerprint density at radius 1 is 1.11 bits per heavy atom. The van der Waals surface area contributed by atoms with Crippen molar-refractivity contribution in [1.82, 2.24) is 4.90 Å². The highest BCUT2D eigenvalue weighted by atomic mass is 35.5. The van der Waals surface area contributed by atoms with E-state index in [1.54, 1.807) is 6.07 Å². The molecule has 2 unspecified atom stereocenters. The molecule has 1 aromatic carbocycles. The maximum Gasteiger partial charge on any atom is 0.271 e. The Balaban J connectivity index is 1.27. The molecule has 1 N–H and O–H groups in total. The lowest BCUT2D eigenvalue weighted by Gasteiger charge is -2.38. The summed E-state index contributed by atoms with van der Waals surface area (Å²) < 4.78 is 0. The second-order valence-electron chi connectivity index (χ2n) is 10.8. The number of amides is 1. The van der Waals surface area contributed by atoms with E-state index < -0.39 is 0 Å². The second-order valence-corrected chi connectivity index (χ2v) is 11.2. The first-order valence-corrected chi connectivity index (χ1v) is 13.7. The number of anilines is 1.